The summed E-state index contributed by atoms with van der Waals surface area (Å²) in [4.78, 5) is 28.3. The topological polar surface area (TPSA) is 106 Å². The third-order valence-corrected chi connectivity index (χ3v) is 7.26. The van der Waals surface area contributed by atoms with Crippen LogP contribution in [0.5, 0.6) is 11.5 Å². The van der Waals surface area contributed by atoms with Crippen molar-refractivity contribution in [2.75, 3.05) is 6.61 Å². The first-order valence-corrected chi connectivity index (χ1v) is 13.4. The fraction of sp³-hybridized carbons (Fsp3) is 0.286. The predicted octanol–water partition coefficient (Wildman–Crippen LogP) is 7.17. The van der Waals surface area contributed by atoms with Crippen molar-refractivity contribution in [2.24, 2.45) is 5.92 Å². The van der Waals surface area contributed by atoms with E-state index in [-0.39, 0.29) is 45.7 Å². The van der Waals surface area contributed by atoms with Crippen LogP contribution < -0.4 is 9.47 Å². The molecule has 0 spiro atoms. The van der Waals surface area contributed by atoms with Crippen molar-refractivity contribution in [1.82, 2.24) is 9.55 Å². The SMILES string of the molecule is O=C(Cn1ccc2cccc([N+](=O)[O-])c21)OC(Cc1c(Cl)cncc1Cl)c1ccc(OC(F)F)c(OCC2CC2)c1. The van der Waals surface area contributed by atoms with Crippen LogP contribution in [-0.4, -0.2) is 33.7 Å². The maximum absolute atomic E-state index is 13.3. The molecule has 9 nitrogen and oxygen atoms in total. The number of carbonyl (C=O) groups excluding carboxylic acids is 1. The van der Waals surface area contributed by atoms with Crippen LogP contribution >= 0.6 is 23.2 Å². The summed E-state index contributed by atoms with van der Waals surface area (Å²) in [6.45, 7) is -3.07. The Hall–Kier alpha value is -3.96. The van der Waals surface area contributed by atoms with Gasteiger partial charge in [-0.15, -0.1) is 0 Å². The average Bonchev–Trinajstić information content (AvgIpc) is 3.68. The highest BCUT2D eigenvalue weighted by atomic mass is 35.5. The minimum absolute atomic E-state index is 0.0234. The molecule has 2 heterocycles. The Labute approximate surface area is 242 Å². The monoisotopic (exact) mass is 605 g/mol. The van der Waals surface area contributed by atoms with Crippen molar-refractivity contribution in [3.8, 4) is 11.5 Å². The van der Waals surface area contributed by atoms with Crippen molar-refractivity contribution < 1.29 is 32.7 Å². The number of non-ortho nitro benzene ring substituents is 1. The summed E-state index contributed by atoms with van der Waals surface area (Å²) in [5.74, 6) is -0.447. The van der Waals surface area contributed by atoms with Gasteiger partial charge in [0.2, 0.25) is 0 Å². The van der Waals surface area contributed by atoms with Gasteiger partial charge in [0.25, 0.3) is 5.69 Å². The number of esters is 1. The molecular formula is C28H23Cl2F2N3O6. The van der Waals surface area contributed by atoms with Crippen molar-refractivity contribution >= 4 is 45.8 Å². The quantitative estimate of drug-likeness (QED) is 0.0957. The number of pyridine rings is 1. The molecule has 1 fully saturated rings. The van der Waals surface area contributed by atoms with Crippen molar-refractivity contribution in [3.63, 3.8) is 0 Å². The lowest BCUT2D eigenvalue weighted by Crippen LogP contribution is -2.19. The van der Waals surface area contributed by atoms with Crippen molar-refractivity contribution in [2.45, 2.75) is 38.5 Å². The Balaban J connectivity index is 1.46. The van der Waals surface area contributed by atoms with Gasteiger partial charge in [-0.25, -0.2) is 0 Å². The lowest BCUT2D eigenvalue weighted by molar-refractivity contribution is -0.383. The molecule has 214 valence electrons. The van der Waals surface area contributed by atoms with E-state index in [1.807, 2.05) is 0 Å². The number of carbonyl (C=O) groups is 1. The predicted molar refractivity (Wildman–Crippen MR) is 147 cm³/mol. The molecule has 1 saturated carbocycles. The van der Waals surface area contributed by atoms with Gasteiger partial charge in [0.15, 0.2) is 11.5 Å². The second-order valence-corrected chi connectivity index (χ2v) is 10.3. The number of halogens is 4. The van der Waals surface area contributed by atoms with Gasteiger partial charge in [0, 0.05) is 36.5 Å². The zero-order valence-corrected chi connectivity index (χ0v) is 22.9. The summed E-state index contributed by atoms with van der Waals surface area (Å²) in [5, 5.41) is 12.7. The van der Waals surface area contributed by atoms with Gasteiger partial charge in [-0.2, -0.15) is 8.78 Å². The molecule has 0 radical (unpaired) electrons. The second-order valence-electron chi connectivity index (χ2n) is 9.52. The number of fused-ring (bicyclic) bond motifs is 1. The first kappa shape index (κ1) is 28.6. The smallest absolute Gasteiger partial charge is 0.387 e. The number of benzene rings is 2. The highest BCUT2D eigenvalue weighted by Gasteiger charge is 2.26. The number of nitrogens with zero attached hydrogens (tertiary/aromatic N) is 3. The van der Waals surface area contributed by atoms with Crippen LogP contribution in [0.1, 0.15) is 30.1 Å². The molecule has 2 aromatic carbocycles. The average molecular weight is 606 g/mol. The minimum Gasteiger partial charge on any atom is -0.489 e. The van der Waals surface area contributed by atoms with Crippen LogP contribution in [0, 0.1) is 16.0 Å². The zero-order chi connectivity index (χ0) is 29.1. The highest BCUT2D eigenvalue weighted by Crippen LogP contribution is 2.38. The lowest BCUT2D eigenvalue weighted by atomic mass is 10.0. The van der Waals surface area contributed by atoms with E-state index in [9.17, 15) is 23.7 Å². The first-order chi connectivity index (χ1) is 19.7. The normalized spacial score (nSPS) is 13.8. The molecule has 5 rings (SSSR count). The summed E-state index contributed by atoms with van der Waals surface area (Å²) in [7, 11) is 0. The van der Waals surface area contributed by atoms with Crippen LogP contribution in [-0.2, 0) is 22.5 Å². The van der Waals surface area contributed by atoms with Crippen LogP contribution in [0.25, 0.3) is 10.9 Å². The molecule has 1 aliphatic rings. The molecule has 0 saturated heterocycles. The summed E-state index contributed by atoms with van der Waals surface area (Å²) >= 11 is 12.7. The Morgan fingerprint density at radius 1 is 1.12 bits per heavy atom. The van der Waals surface area contributed by atoms with Crippen LogP contribution in [0.15, 0.2) is 61.1 Å². The molecule has 4 aromatic rings. The van der Waals surface area contributed by atoms with Gasteiger partial charge in [0.1, 0.15) is 18.2 Å². The second kappa shape index (κ2) is 12.3. The number of para-hydroxylation sites is 1. The van der Waals surface area contributed by atoms with Gasteiger partial charge < -0.3 is 18.8 Å². The van der Waals surface area contributed by atoms with E-state index in [4.69, 9.17) is 32.7 Å². The lowest BCUT2D eigenvalue weighted by Gasteiger charge is -2.22. The third-order valence-electron chi connectivity index (χ3n) is 6.61. The summed E-state index contributed by atoms with van der Waals surface area (Å²) < 4.78 is 43.9. The van der Waals surface area contributed by atoms with Gasteiger partial charge in [-0.05, 0) is 48.1 Å². The Morgan fingerprint density at radius 2 is 1.88 bits per heavy atom. The van der Waals surface area contributed by atoms with E-state index in [1.165, 1.54) is 41.2 Å². The maximum Gasteiger partial charge on any atom is 0.387 e. The molecule has 0 N–H and O–H groups in total. The van der Waals surface area contributed by atoms with E-state index in [1.54, 1.807) is 24.4 Å². The molecule has 1 atom stereocenters. The minimum atomic E-state index is -3.06. The van der Waals surface area contributed by atoms with Crippen molar-refractivity contribution in [1.29, 1.82) is 0 Å². The van der Waals surface area contributed by atoms with E-state index in [0.717, 1.165) is 12.8 Å². The van der Waals surface area contributed by atoms with Crippen molar-refractivity contribution in [3.05, 3.63) is 92.3 Å². The number of aromatic nitrogens is 2. The summed E-state index contributed by atoms with van der Waals surface area (Å²) in [6.07, 6.45) is 5.36. The van der Waals surface area contributed by atoms with E-state index < -0.39 is 23.6 Å². The Bertz CT molecular complexity index is 1570. The van der Waals surface area contributed by atoms with E-state index >= 15 is 0 Å². The molecule has 0 aliphatic heterocycles. The molecule has 0 bridgehead atoms. The molecule has 41 heavy (non-hydrogen) atoms. The molecule has 1 unspecified atom stereocenters. The first-order valence-electron chi connectivity index (χ1n) is 12.6. The molecule has 0 amide bonds. The molecule has 13 heteroatoms. The Morgan fingerprint density at radius 3 is 2.56 bits per heavy atom. The van der Waals surface area contributed by atoms with Gasteiger partial charge >= 0.3 is 12.6 Å². The van der Waals surface area contributed by atoms with Crippen LogP contribution in [0.2, 0.25) is 10.0 Å². The van der Waals surface area contributed by atoms with Gasteiger partial charge in [-0.3, -0.25) is 19.9 Å². The van der Waals surface area contributed by atoms with Crippen LogP contribution in [0.4, 0.5) is 14.5 Å². The summed E-state index contributed by atoms with van der Waals surface area (Å²) in [6, 6.07) is 10.6. The number of nitro groups is 1. The number of rotatable bonds is 12. The zero-order valence-electron chi connectivity index (χ0n) is 21.3. The molecule has 1 aliphatic carbocycles. The number of hydrogen-bond acceptors (Lipinski definition) is 7. The largest absolute Gasteiger partial charge is 0.489 e. The fourth-order valence-corrected chi connectivity index (χ4v) is 4.94. The van der Waals surface area contributed by atoms with E-state index in [0.29, 0.717) is 29.0 Å². The Kier molecular flexibility index (Phi) is 8.55. The number of nitro benzene ring substituents is 1. The maximum atomic E-state index is 13.3. The standard InChI is InChI=1S/C28H23Cl2F2N3O6/c29-20-12-33-13-21(30)19(20)11-24(18-6-7-23(41-28(31)32)25(10-18)39-15-16-4-5-16)40-26(36)14-34-9-8-17-2-1-3-22(27(17)34)35(37)38/h1-3,6-10,12-13,16,24,28H,4-5,11,14-15H2. The number of ether oxygens (including phenoxy) is 3. The molecular weight excluding hydrogens is 583 g/mol. The third kappa shape index (κ3) is 6.86. The number of alkyl halides is 2. The van der Waals surface area contributed by atoms with Crippen LogP contribution in [0.3, 0.4) is 0 Å². The number of hydrogen-bond donors (Lipinski definition) is 0. The fourth-order valence-electron chi connectivity index (χ4n) is 4.42. The highest BCUT2D eigenvalue weighted by molar-refractivity contribution is 6.35. The van der Waals surface area contributed by atoms with E-state index in [2.05, 4.69) is 9.72 Å². The van der Waals surface area contributed by atoms with Gasteiger partial charge in [-0.1, -0.05) is 41.4 Å². The van der Waals surface area contributed by atoms with Gasteiger partial charge in [0.05, 0.1) is 21.6 Å². The summed E-state index contributed by atoms with van der Waals surface area (Å²) in [5.41, 5.74) is 0.990. The molecule has 2 aromatic heterocycles.